The van der Waals surface area contributed by atoms with E-state index in [0.29, 0.717) is 5.56 Å². The normalized spacial score (nSPS) is 12.1. The third kappa shape index (κ3) is 1.91. The SMILES string of the molecule is C=CC(N)c1cnccc1C(=O)O. The number of carboxylic acids is 1. The summed E-state index contributed by atoms with van der Waals surface area (Å²) in [5.74, 6) is -1.00. The van der Waals surface area contributed by atoms with Gasteiger partial charge in [0, 0.05) is 18.0 Å². The van der Waals surface area contributed by atoms with Crippen molar-refractivity contribution < 1.29 is 9.90 Å². The van der Waals surface area contributed by atoms with Crippen LogP contribution in [0.2, 0.25) is 0 Å². The summed E-state index contributed by atoms with van der Waals surface area (Å²) in [4.78, 5) is 14.5. The van der Waals surface area contributed by atoms with Gasteiger partial charge in [0.2, 0.25) is 0 Å². The van der Waals surface area contributed by atoms with Gasteiger partial charge in [-0.3, -0.25) is 4.98 Å². The van der Waals surface area contributed by atoms with Crippen LogP contribution in [0.25, 0.3) is 0 Å². The average molecular weight is 178 g/mol. The van der Waals surface area contributed by atoms with Crippen molar-refractivity contribution >= 4 is 5.97 Å². The number of carbonyl (C=O) groups is 1. The molecule has 0 amide bonds. The highest BCUT2D eigenvalue weighted by atomic mass is 16.4. The van der Waals surface area contributed by atoms with Crippen LogP contribution in [0.5, 0.6) is 0 Å². The third-order valence-corrected chi connectivity index (χ3v) is 1.70. The van der Waals surface area contributed by atoms with E-state index in [9.17, 15) is 4.79 Å². The highest BCUT2D eigenvalue weighted by Crippen LogP contribution is 2.15. The van der Waals surface area contributed by atoms with E-state index in [1.54, 1.807) is 0 Å². The van der Waals surface area contributed by atoms with Crippen molar-refractivity contribution in [2.45, 2.75) is 6.04 Å². The highest BCUT2D eigenvalue weighted by molar-refractivity contribution is 5.89. The van der Waals surface area contributed by atoms with Crippen molar-refractivity contribution in [2.24, 2.45) is 5.73 Å². The van der Waals surface area contributed by atoms with Gasteiger partial charge in [0.1, 0.15) is 0 Å². The molecule has 0 aliphatic rings. The number of nitrogens with zero attached hydrogens (tertiary/aromatic N) is 1. The molecule has 0 saturated heterocycles. The fraction of sp³-hybridized carbons (Fsp3) is 0.111. The van der Waals surface area contributed by atoms with Gasteiger partial charge in [-0.1, -0.05) is 6.08 Å². The van der Waals surface area contributed by atoms with E-state index in [-0.39, 0.29) is 5.56 Å². The van der Waals surface area contributed by atoms with Crippen molar-refractivity contribution in [2.75, 3.05) is 0 Å². The summed E-state index contributed by atoms with van der Waals surface area (Å²) >= 11 is 0. The van der Waals surface area contributed by atoms with E-state index in [1.807, 2.05) is 0 Å². The monoisotopic (exact) mass is 178 g/mol. The molecule has 13 heavy (non-hydrogen) atoms. The summed E-state index contributed by atoms with van der Waals surface area (Å²) in [6.07, 6.45) is 4.34. The molecule has 1 atom stereocenters. The van der Waals surface area contributed by atoms with E-state index in [0.717, 1.165) is 0 Å². The smallest absolute Gasteiger partial charge is 0.336 e. The minimum atomic E-state index is -1.00. The molecule has 1 unspecified atom stereocenters. The summed E-state index contributed by atoms with van der Waals surface area (Å²) < 4.78 is 0. The van der Waals surface area contributed by atoms with Gasteiger partial charge in [0.15, 0.2) is 0 Å². The molecule has 0 fully saturated rings. The van der Waals surface area contributed by atoms with Gasteiger partial charge in [-0.2, -0.15) is 0 Å². The van der Waals surface area contributed by atoms with E-state index >= 15 is 0 Å². The maximum atomic E-state index is 10.7. The number of aromatic carboxylic acids is 1. The molecule has 1 aromatic rings. The summed E-state index contributed by atoms with van der Waals surface area (Å²) in [6, 6.07) is 0.931. The Kier molecular flexibility index (Phi) is 2.76. The number of carboxylic acid groups (broad SMARTS) is 1. The van der Waals surface area contributed by atoms with Crippen molar-refractivity contribution in [1.29, 1.82) is 0 Å². The Bertz CT molecular complexity index is 336. The zero-order valence-electron chi connectivity index (χ0n) is 6.97. The molecule has 4 nitrogen and oxygen atoms in total. The molecule has 0 aliphatic heterocycles. The van der Waals surface area contributed by atoms with Crippen LogP contribution in [0.3, 0.4) is 0 Å². The van der Waals surface area contributed by atoms with Crippen molar-refractivity contribution in [3.8, 4) is 0 Å². The molecular formula is C9H10N2O2. The first-order valence-corrected chi connectivity index (χ1v) is 3.72. The van der Waals surface area contributed by atoms with Crippen LogP contribution in [0.15, 0.2) is 31.1 Å². The van der Waals surface area contributed by atoms with Gasteiger partial charge >= 0.3 is 5.97 Å². The van der Waals surface area contributed by atoms with Crippen LogP contribution in [0.1, 0.15) is 22.0 Å². The van der Waals surface area contributed by atoms with Crippen molar-refractivity contribution in [3.05, 3.63) is 42.2 Å². The minimum absolute atomic E-state index is 0.169. The Hall–Kier alpha value is -1.68. The fourth-order valence-electron chi connectivity index (χ4n) is 0.994. The van der Waals surface area contributed by atoms with Crippen molar-refractivity contribution in [1.82, 2.24) is 4.98 Å². The molecule has 1 rings (SSSR count). The van der Waals surface area contributed by atoms with E-state index in [2.05, 4.69) is 11.6 Å². The summed E-state index contributed by atoms with van der Waals surface area (Å²) in [7, 11) is 0. The molecule has 0 bridgehead atoms. The average Bonchev–Trinajstić information content (AvgIpc) is 2.16. The molecule has 4 heteroatoms. The Morgan fingerprint density at radius 2 is 2.46 bits per heavy atom. The second kappa shape index (κ2) is 3.82. The first-order valence-electron chi connectivity index (χ1n) is 3.72. The van der Waals surface area contributed by atoms with Crippen LogP contribution in [0.4, 0.5) is 0 Å². The Balaban J connectivity index is 3.19. The molecule has 68 valence electrons. The van der Waals surface area contributed by atoms with Gasteiger partial charge in [-0.15, -0.1) is 6.58 Å². The second-order valence-electron chi connectivity index (χ2n) is 2.53. The molecule has 0 radical (unpaired) electrons. The number of hydrogen-bond donors (Lipinski definition) is 2. The topological polar surface area (TPSA) is 76.2 Å². The van der Waals surface area contributed by atoms with Crippen LogP contribution in [0, 0.1) is 0 Å². The Morgan fingerprint density at radius 1 is 1.77 bits per heavy atom. The van der Waals surface area contributed by atoms with Crippen LogP contribution in [-0.2, 0) is 0 Å². The molecule has 1 aromatic heterocycles. The first kappa shape index (κ1) is 9.41. The third-order valence-electron chi connectivity index (χ3n) is 1.70. The van der Waals surface area contributed by atoms with Gasteiger partial charge in [0.05, 0.1) is 11.6 Å². The molecular weight excluding hydrogens is 168 g/mol. The maximum absolute atomic E-state index is 10.7. The molecule has 1 heterocycles. The number of pyridine rings is 1. The van der Waals surface area contributed by atoms with Gasteiger partial charge < -0.3 is 10.8 Å². The molecule has 0 aromatic carbocycles. The van der Waals surface area contributed by atoms with Gasteiger partial charge in [-0.25, -0.2) is 4.79 Å². The lowest BCUT2D eigenvalue weighted by Gasteiger charge is -2.08. The second-order valence-corrected chi connectivity index (χ2v) is 2.53. The largest absolute Gasteiger partial charge is 0.478 e. The van der Waals surface area contributed by atoms with Crippen molar-refractivity contribution in [3.63, 3.8) is 0 Å². The van der Waals surface area contributed by atoms with E-state index < -0.39 is 12.0 Å². The maximum Gasteiger partial charge on any atom is 0.336 e. The standard InChI is InChI=1S/C9H10N2O2/c1-2-8(10)7-5-11-4-3-6(7)9(12)13/h2-5,8H,1,10H2,(H,12,13). The van der Waals surface area contributed by atoms with Gasteiger partial charge in [0.25, 0.3) is 0 Å². The molecule has 0 spiro atoms. The summed E-state index contributed by atoms with van der Waals surface area (Å²) in [5, 5.41) is 8.79. The lowest BCUT2D eigenvalue weighted by Crippen LogP contribution is -2.12. The number of rotatable bonds is 3. The van der Waals surface area contributed by atoms with Crippen LogP contribution in [-0.4, -0.2) is 16.1 Å². The lowest BCUT2D eigenvalue weighted by atomic mass is 10.0. The predicted octanol–water partition coefficient (Wildman–Crippen LogP) is 0.966. The summed E-state index contributed by atoms with van der Waals surface area (Å²) in [5.41, 5.74) is 6.26. The van der Waals surface area contributed by atoms with Crippen LogP contribution >= 0.6 is 0 Å². The molecule has 0 saturated carbocycles. The van der Waals surface area contributed by atoms with E-state index in [4.69, 9.17) is 10.8 Å². The predicted molar refractivity (Wildman–Crippen MR) is 48.3 cm³/mol. The first-order chi connectivity index (χ1) is 6.16. The Morgan fingerprint density at radius 3 is 3.00 bits per heavy atom. The number of aromatic nitrogens is 1. The lowest BCUT2D eigenvalue weighted by molar-refractivity contribution is 0.0695. The Labute approximate surface area is 75.7 Å². The molecule has 3 N–H and O–H groups in total. The highest BCUT2D eigenvalue weighted by Gasteiger charge is 2.12. The number of nitrogens with two attached hydrogens (primary N) is 1. The van der Waals surface area contributed by atoms with Crippen LogP contribution < -0.4 is 5.73 Å². The zero-order valence-corrected chi connectivity index (χ0v) is 6.97. The number of hydrogen-bond acceptors (Lipinski definition) is 3. The molecule has 0 aliphatic carbocycles. The quantitative estimate of drug-likeness (QED) is 0.676. The summed E-state index contributed by atoms with van der Waals surface area (Å²) in [6.45, 7) is 3.49. The minimum Gasteiger partial charge on any atom is -0.478 e. The van der Waals surface area contributed by atoms with Gasteiger partial charge in [-0.05, 0) is 6.07 Å². The van der Waals surface area contributed by atoms with E-state index in [1.165, 1.54) is 24.5 Å². The zero-order chi connectivity index (χ0) is 9.84. The fourth-order valence-corrected chi connectivity index (χ4v) is 0.994.